The fraction of sp³-hybridized carbons (Fsp3) is 0.625. The van der Waals surface area contributed by atoms with Crippen LogP contribution < -0.4 is 10.5 Å². The van der Waals surface area contributed by atoms with Crippen molar-refractivity contribution in [3.8, 4) is 0 Å². The Balaban J connectivity index is 2.31. The van der Waals surface area contributed by atoms with Gasteiger partial charge in [0.25, 0.3) is 0 Å². The predicted octanol–water partition coefficient (Wildman–Crippen LogP) is 1.12. The summed E-state index contributed by atoms with van der Waals surface area (Å²) in [5.74, 6) is 0.123. The normalized spacial score (nSPS) is 21.8. The molecule has 0 heterocycles. The van der Waals surface area contributed by atoms with E-state index in [0.29, 0.717) is 19.6 Å². The minimum absolute atomic E-state index is 0.0131. The summed E-state index contributed by atoms with van der Waals surface area (Å²) < 4.78 is 54.6. The lowest BCUT2D eigenvalue weighted by molar-refractivity contribution is 0.445. The third-order valence-electron chi connectivity index (χ3n) is 4.73. The molecule has 2 rings (SSSR count). The molecule has 2 atom stereocenters. The van der Waals surface area contributed by atoms with Gasteiger partial charge in [0.1, 0.15) is 0 Å². The zero-order valence-electron chi connectivity index (χ0n) is 14.7. The molecule has 3 N–H and O–H groups in total. The number of sulfonamides is 2. The Labute approximate surface area is 150 Å². The Kier molecular flexibility index (Phi) is 6.61. The third-order valence-corrected chi connectivity index (χ3v) is 8.26. The molecule has 1 aromatic carbocycles. The summed E-state index contributed by atoms with van der Waals surface area (Å²) in [6.45, 7) is 4.58. The van der Waals surface area contributed by atoms with E-state index in [0.717, 1.165) is 19.3 Å². The molecule has 1 aromatic rings. The van der Waals surface area contributed by atoms with Gasteiger partial charge in [-0.3, -0.25) is 0 Å². The zero-order valence-corrected chi connectivity index (χ0v) is 16.3. The molecule has 0 aromatic heterocycles. The maximum atomic E-state index is 12.7. The summed E-state index contributed by atoms with van der Waals surface area (Å²) in [5, 5.41) is 0. The van der Waals surface area contributed by atoms with E-state index in [4.69, 9.17) is 5.73 Å². The highest BCUT2D eigenvalue weighted by Crippen LogP contribution is 2.27. The van der Waals surface area contributed by atoms with Crippen LogP contribution in [0.2, 0.25) is 0 Å². The Morgan fingerprint density at radius 3 is 2.36 bits per heavy atom. The number of nitrogens with one attached hydrogen (secondary N) is 1. The standard InChI is InChI=1S/C16H27N3O4S2/c1-3-19(4-2)25(22,23)15-9-6-8-14(11-15)24(20,21)18-16-10-5-7-13(16)12-17/h6,8-9,11,13,16,18H,3-5,7,10,12,17H2,1-2H3. The highest BCUT2D eigenvalue weighted by Gasteiger charge is 2.31. The Morgan fingerprint density at radius 2 is 1.76 bits per heavy atom. The average molecular weight is 390 g/mol. The van der Waals surface area contributed by atoms with Gasteiger partial charge < -0.3 is 5.73 Å². The molecule has 1 fully saturated rings. The van der Waals surface area contributed by atoms with E-state index in [2.05, 4.69) is 4.72 Å². The highest BCUT2D eigenvalue weighted by molar-refractivity contribution is 7.90. The molecule has 0 saturated heterocycles. The van der Waals surface area contributed by atoms with Crippen LogP contribution in [-0.2, 0) is 20.0 Å². The summed E-state index contributed by atoms with van der Waals surface area (Å²) in [6, 6.07) is 5.32. The average Bonchev–Trinajstić information content (AvgIpc) is 3.02. The first-order valence-corrected chi connectivity index (χ1v) is 11.5. The number of hydrogen-bond donors (Lipinski definition) is 2. The molecular formula is C16H27N3O4S2. The van der Waals surface area contributed by atoms with Crippen LogP contribution in [0.1, 0.15) is 33.1 Å². The van der Waals surface area contributed by atoms with Gasteiger partial charge >= 0.3 is 0 Å². The molecule has 142 valence electrons. The van der Waals surface area contributed by atoms with Crippen LogP contribution in [0.4, 0.5) is 0 Å². The fourth-order valence-corrected chi connectivity index (χ4v) is 6.22. The molecule has 7 nitrogen and oxygen atoms in total. The summed E-state index contributed by atoms with van der Waals surface area (Å²) in [4.78, 5) is -0.0516. The van der Waals surface area contributed by atoms with Crippen LogP contribution >= 0.6 is 0 Å². The molecule has 0 bridgehead atoms. The maximum absolute atomic E-state index is 12.7. The SMILES string of the molecule is CCN(CC)S(=O)(=O)c1cccc(S(=O)(=O)NC2CCCC2CN)c1. The van der Waals surface area contributed by atoms with Gasteiger partial charge in [-0.05, 0) is 43.5 Å². The van der Waals surface area contributed by atoms with Gasteiger partial charge in [-0.2, -0.15) is 4.31 Å². The van der Waals surface area contributed by atoms with Crippen LogP contribution in [0.25, 0.3) is 0 Å². The molecule has 0 radical (unpaired) electrons. The van der Waals surface area contributed by atoms with Crippen LogP contribution in [0.15, 0.2) is 34.1 Å². The van der Waals surface area contributed by atoms with Crippen molar-refractivity contribution in [3.63, 3.8) is 0 Å². The van der Waals surface area contributed by atoms with E-state index < -0.39 is 20.0 Å². The van der Waals surface area contributed by atoms with E-state index in [1.807, 2.05) is 0 Å². The molecule has 25 heavy (non-hydrogen) atoms. The van der Waals surface area contributed by atoms with E-state index in [-0.39, 0.29) is 21.8 Å². The van der Waals surface area contributed by atoms with Crippen LogP contribution in [-0.4, -0.2) is 46.8 Å². The van der Waals surface area contributed by atoms with Gasteiger partial charge in [-0.1, -0.05) is 26.3 Å². The molecular weight excluding hydrogens is 362 g/mol. The van der Waals surface area contributed by atoms with Crippen molar-refractivity contribution in [2.45, 2.75) is 48.9 Å². The van der Waals surface area contributed by atoms with Crippen molar-refractivity contribution < 1.29 is 16.8 Å². The van der Waals surface area contributed by atoms with Crippen molar-refractivity contribution in [2.75, 3.05) is 19.6 Å². The second-order valence-electron chi connectivity index (χ2n) is 6.22. The second kappa shape index (κ2) is 8.13. The first-order chi connectivity index (χ1) is 11.8. The minimum Gasteiger partial charge on any atom is -0.330 e. The lowest BCUT2D eigenvalue weighted by atomic mass is 10.1. The molecule has 0 amide bonds. The summed E-state index contributed by atoms with van der Waals surface area (Å²) >= 11 is 0. The van der Waals surface area contributed by atoms with Gasteiger partial charge in [-0.15, -0.1) is 0 Å². The van der Waals surface area contributed by atoms with E-state index >= 15 is 0 Å². The molecule has 1 saturated carbocycles. The van der Waals surface area contributed by atoms with E-state index in [9.17, 15) is 16.8 Å². The first kappa shape index (κ1) is 20.3. The Bertz CT molecular complexity index is 789. The summed E-state index contributed by atoms with van der Waals surface area (Å²) in [7, 11) is -7.50. The predicted molar refractivity (Wildman–Crippen MR) is 97.1 cm³/mol. The van der Waals surface area contributed by atoms with Crippen LogP contribution in [0.5, 0.6) is 0 Å². The molecule has 1 aliphatic rings. The molecule has 0 aliphatic heterocycles. The van der Waals surface area contributed by atoms with Crippen molar-refractivity contribution in [1.82, 2.24) is 9.03 Å². The molecule has 1 aliphatic carbocycles. The monoisotopic (exact) mass is 389 g/mol. The number of rotatable bonds is 8. The fourth-order valence-electron chi connectivity index (χ4n) is 3.26. The zero-order chi connectivity index (χ0) is 18.7. The van der Waals surface area contributed by atoms with Crippen molar-refractivity contribution >= 4 is 20.0 Å². The van der Waals surface area contributed by atoms with E-state index in [1.165, 1.54) is 28.6 Å². The maximum Gasteiger partial charge on any atom is 0.243 e. The Morgan fingerprint density at radius 1 is 1.12 bits per heavy atom. The van der Waals surface area contributed by atoms with Gasteiger partial charge in [0.15, 0.2) is 0 Å². The highest BCUT2D eigenvalue weighted by atomic mass is 32.2. The quantitative estimate of drug-likeness (QED) is 0.692. The smallest absolute Gasteiger partial charge is 0.243 e. The second-order valence-corrected chi connectivity index (χ2v) is 9.87. The van der Waals surface area contributed by atoms with Crippen LogP contribution in [0, 0.1) is 5.92 Å². The van der Waals surface area contributed by atoms with Crippen molar-refractivity contribution in [3.05, 3.63) is 24.3 Å². The lowest BCUT2D eigenvalue weighted by Gasteiger charge is -2.21. The van der Waals surface area contributed by atoms with E-state index in [1.54, 1.807) is 13.8 Å². The van der Waals surface area contributed by atoms with Crippen molar-refractivity contribution in [2.24, 2.45) is 11.7 Å². The van der Waals surface area contributed by atoms with Gasteiger partial charge in [0.2, 0.25) is 20.0 Å². The van der Waals surface area contributed by atoms with Gasteiger partial charge in [0, 0.05) is 19.1 Å². The number of hydrogen-bond acceptors (Lipinski definition) is 5. The summed E-state index contributed by atoms with van der Waals surface area (Å²) in [6.07, 6.45) is 2.59. The first-order valence-electron chi connectivity index (χ1n) is 8.58. The van der Waals surface area contributed by atoms with Crippen LogP contribution in [0.3, 0.4) is 0 Å². The topological polar surface area (TPSA) is 110 Å². The number of benzene rings is 1. The Hall–Kier alpha value is -1.00. The molecule has 2 unspecified atom stereocenters. The number of nitrogens with zero attached hydrogens (tertiary/aromatic N) is 1. The molecule has 0 spiro atoms. The minimum atomic E-state index is -3.80. The third kappa shape index (κ3) is 4.40. The van der Waals surface area contributed by atoms with Crippen molar-refractivity contribution in [1.29, 1.82) is 0 Å². The van der Waals surface area contributed by atoms with Gasteiger partial charge in [0.05, 0.1) is 9.79 Å². The summed E-state index contributed by atoms with van der Waals surface area (Å²) in [5.41, 5.74) is 5.71. The lowest BCUT2D eigenvalue weighted by Crippen LogP contribution is -2.39. The number of nitrogens with two attached hydrogens (primary N) is 1. The van der Waals surface area contributed by atoms with Gasteiger partial charge in [-0.25, -0.2) is 21.6 Å². The largest absolute Gasteiger partial charge is 0.330 e. The molecule has 9 heteroatoms.